The number of ether oxygens (including phenoxy) is 1. The molecular weight excluding hydrogens is 360 g/mol. The lowest BCUT2D eigenvalue weighted by Gasteiger charge is -2.16. The fraction of sp³-hybridized carbons (Fsp3) is 0.231. The van der Waals surface area contributed by atoms with E-state index in [0.717, 1.165) is 14.8 Å². The molecular formula is C13H12Br2N2O. The first kappa shape index (κ1) is 13.6. The van der Waals surface area contributed by atoms with E-state index < -0.39 is 0 Å². The van der Waals surface area contributed by atoms with E-state index in [4.69, 9.17) is 4.74 Å². The van der Waals surface area contributed by atoms with Crippen LogP contribution >= 0.6 is 31.9 Å². The summed E-state index contributed by atoms with van der Waals surface area (Å²) in [6.45, 7) is 2.57. The van der Waals surface area contributed by atoms with Crippen molar-refractivity contribution in [2.24, 2.45) is 0 Å². The molecule has 3 nitrogen and oxygen atoms in total. The summed E-state index contributed by atoms with van der Waals surface area (Å²) in [4.78, 5) is 8.76. The lowest BCUT2D eigenvalue weighted by molar-refractivity contribution is 0.0848. The van der Waals surface area contributed by atoms with E-state index in [2.05, 4.69) is 41.8 Å². The number of benzene rings is 1. The number of nitrogens with zero attached hydrogens (tertiary/aromatic N) is 2. The lowest BCUT2D eigenvalue weighted by atomic mass is 10.1. The summed E-state index contributed by atoms with van der Waals surface area (Å²) in [5.41, 5.74) is 1.05. The Morgan fingerprint density at radius 2 is 1.72 bits per heavy atom. The van der Waals surface area contributed by atoms with Crippen LogP contribution in [-0.4, -0.2) is 16.6 Å². The number of rotatable bonds is 4. The van der Waals surface area contributed by atoms with Crippen molar-refractivity contribution in [3.8, 4) is 0 Å². The Kier molecular flexibility index (Phi) is 4.86. The summed E-state index contributed by atoms with van der Waals surface area (Å²) < 4.78 is 7.23. The molecule has 0 N–H and O–H groups in total. The van der Waals surface area contributed by atoms with E-state index in [0.29, 0.717) is 12.4 Å². The maximum atomic E-state index is 5.76. The van der Waals surface area contributed by atoms with Gasteiger partial charge in [-0.05, 0) is 44.3 Å². The molecule has 0 bridgehead atoms. The van der Waals surface area contributed by atoms with Gasteiger partial charge in [-0.3, -0.25) is 0 Å². The van der Waals surface area contributed by atoms with Crippen LogP contribution in [0.4, 0.5) is 0 Å². The molecule has 0 aliphatic rings. The van der Waals surface area contributed by atoms with Gasteiger partial charge in [0.25, 0.3) is 0 Å². The van der Waals surface area contributed by atoms with Crippen LogP contribution < -0.4 is 0 Å². The monoisotopic (exact) mass is 370 g/mol. The highest BCUT2D eigenvalue weighted by Gasteiger charge is 2.18. The van der Waals surface area contributed by atoms with Crippen molar-refractivity contribution in [3.05, 3.63) is 57.0 Å². The van der Waals surface area contributed by atoms with E-state index in [9.17, 15) is 0 Å². The second-order valence-corrected chi connectivity index (χ2v) is 5.24. The Morgan fingerprint density at radius 1 is 1.11 bits per heavy atom. The molecule has 0 radical (unpaired) electrons. The zero-order valence-electron chi connectivity index (χ0n) is 9.81. The number of hydrogen-bond donors (Lipinski definition) is 0. The normalized spacial score (nSPS) is 12.4. The topological polar surface area (TPSA) is 35.0 Å². The van der Waals surface area contributed by atoms with Gasteiger partial charge in [0.05, 0.1) is 0 Å². The smallest absolute Gasteiger partial charge is 0.164 e. The average molecular weight is 372 g/mol. The third kappa shape index (κ3) is 3.37. The number of halogens is 2. The van der Waals surface area contributed by atoms with Gasteiger partial charge in [-0.25, -0.2) is 9.97 Å². The van der Waals surface area contributed by atoms with E-state index in [1.165, 1.54) is 0 Å². The Hall–Kier alpha value is -0.780. The maximum absolute atomic E-state index is 5.76. The molecule has 5 heteroatoms. The van der Waals surface area contributed by atoms with Gasteiger partial charge in [-0.15, -0.1) is 0 Å². The highest BCUT2D eigenvalue weighted by atomic mass is 79.9. The Bertz CT molecular complexity index is 499. The van der Waals surface area contributed by atoms with Crippen molar-refractivity contribution in [1.82, 2.24) is 9.97 Å². The molecule has 0 aliphatic heterocycles. The summed E-state index contributed by atoms with van der Waals surface area (Å²) in [5, 5.41) is 0. The van der Waals surface area contributed by atoms with Crippen molar-refractivity contribution >= 4 is 31.9 Å². The van der Waals surface area contributed by atoms with Gasteiger partial charge in [-0.1, -0.05) is 30.3 Å². The summed E-state index contributed by atoms with van der Waals surface area (Å²) in [7, 11) is 0. The molecule has 1 aromatic heterocycles. The zero-order chi connectivity index (χ0) is 13.0. The lowest BCUT2D eigenvalue weighted by Crippen LogP contribution is -2.10. The van der Waals surface area contributed by atoms with Gasteiger partial charge in [0.1, 0.15) is 15.3 Å². The minimum absolute atomic E-state index is 0.245. The Morgan fingerprint density at radius 3 is 2.28 bits per heavy atom. The second-order valence-electron chi connectivity index (χ2n) is 3.62. The first-order valence-electron chi connectivity index (χ1n) is 5.57. The minimum Gasteiger partial charge on any atom is -0.366 e. The number of aromatic nitrogens is 2. The van der Waals surface area contributed by atoms with Crippen LogP contribution in [0, 0.1) is 0 Å². The third-order valence-corrected chi connectivity index (χ3v) is 3.16. The summed E-state index contributed by atoms with van der Waals surface area (Å²) >= 11 is 6.74. The SMILES string of the molecule is CCOC(c1ccccc1)c1nc(Br)cc(Br)n1. The first-order valence-corrected chi connectivity index (χ1v) is 7.16. The molecule has 1 atom stereocenters. The predicted molar refractivity (Wildman–Crippen MR) is 77.3 cm³/mol. The van der Waals surface area contributed by atoms with Crippen LogP contribution in [-0.2, 0) is 4.74 Å². The van der Waals surface area contributed by atoms with Gasteiger partial charge < -0.3 is 4.74 Å². The highest BCUT2D eigenvalue weighted by molar-refractivity contribution is 9.11. The molecule has 0 saturated heterocycles. The van der Waals surface area contributed by atoms with Crippen LogP contribution in [0.2, 0.25) is 0 Å². The maximum Gasteiger partial charge on any atom is 0.164 e. The van der Waals surface area contributed by atoms with Crippen molar-refractivity contribution in [2.75, 3.05) is 6.61 Å². The standard InChI is InChI=1S/C13H12Br2N2O/c1-2-18-12(9-6-4-3-5-7-9)13-16-10(14)8-11(15)17-13/h3-8,12H,2H2,1H3. The molecule has 1 aromatic carbocycles. The quantitative estimate of drug-likeness (QED) is 0.758. The van der Waals surface area contributed by atoms with E-state index >= 15 is 0 Å². The second kappa shape index (κ2) is 6.41. The van der Waals surface area contributed by atoms with E-state index in [1.54, 1.807) is 6.07 Å². The van der Waals surface area contributed by atoms with Gasteiger partial charge in [0.15, 0.2) is 5.82 Å². The van der Waals surface area contributed by atoms with Crippen LogP contribution in [0.5, 0.6) is 0 Å². The average Bonchev–Trinajstić information content (AvgIpc) is 2.36. The van der Waals surface area contributed by atoms with Gasteiger partial charge >= 0.3 is 0 Å². The first-order chi connectivity index (χ1) is 8.70. The Labute approximate surface area is 123 Å². The van der Waals surface area contributed by atoms with Crippen molar-refractivity contribution in [3.63, 3.8) is 0 Å². The predicted octanol–water partition coefficient (Wildman–Crippen LogP) is 4.13. The molecule has 0 amide bonds. The molecule has 1 heterocycles. The molecule has 0 saturated carbocycles. The van der Waals surface area contributed by atoms with Crippen molar-refractivity contribution < 1.29 is 4.74 Å². The van der Waals surface area contributed by atoms with Crippen LogP contribution in [0.3, 0.4) is 0 Å². The van der Waals surface area contributed by atoms with Crippen molar-refractivity contribution in [1.29, 1.82) is 0 Å². The highest BCUT2D eigenvalue weighted by Crippen LogP contribution is 2.25. The molecule has 0 spiro atoms. The molecule has 94 valence electrons. The van der Waals surface area contributed by atoms with Gasteiger partial charge in [0, 0.05) is 12.7 Å². The van der Waals surface area contributed by atoms with Gasteiger partial charge in [0.2, 0.25) is 0 Å². The summed E-state index contributed by atoms with van der Waals surface area (Å²) in [6.07, 6.45) is -0.245. The van der Waals surface area contributed by atoms with Gasteiger partial charge in [-0.2, -0.15) is 0 Å². The van der Waals surface area contributed by atoms with Crippen molar-refractivity contribution in [2.45, 2.75) is 13.0 Å². The van der Waals surface area contributed by atoms with Crippen LogP contribution in [0.1, 0.15) is 24.4 Å². The molecule has 18 heavy (non-hydrogen) atoms. The molecule has 2 aromatic rings. The fourth-order valence-corrected chi connectivity index (χ4v) is 2.74. The van der Waals surface area contributed by atoms with E-state index in [1.807, 2.05) is 37.3 Å². The summed E-state index contributed by atoms with van der Waals surface area (Å²) in [5.74, 6) is 0.643. The largest absolute Gasteiger partial charge is 0.366 e. The molecule has 0 fully saturated rings. The third-order valence-electron chi connectivity index (χ3n) is 2.35. The number of hydrogen-bond acceptors (Lipinski definition) is 3. The Balaban J connectivity index is 2.41. The van der Waals surface area contributed by atoms with Crippen LogP contribution in [0.25, 0.3) is 0 Å². The molecule has 2 rings (SSSR count). The molecule has 1 unspecified atom stereocenters. The molecule has 0 aliphatic carbocycles. The zero-order valence-corrected chi connectivity index (χ0v) is 13.0. The summed E-state index contributed by atoms with van der Waals surface area (Å²) in [6, 6.07) is 11.8. The fourth-order valence-electron chi connectivity index (χ4n) is 1.64. The minimum atomic E-state index is -0.245. The van der Waals surface area contributed by atoms with E-state index in [-0.39, 0.29) is 6.10 Å². The van der Waals surface area contributed by atoms with Crippen LogP contribution in [0.15, 0.2) is 45.6 Å².